The van der Waals surface area contributed by atoms with E-state index in [1.54, 1.807) is 12.4 Å². The van der Waals surface area contributed by atoms with Crippen LogP contribution in [0.5, 0.6) is 0 Å². The predicted molar refractivity (Wildman–Crippen MR) is 54.6 cm³/mol. The Bertz CT molecular complexity index is 477. The minimum Gasteiger partial charge on any atom is -0.404 e. The Balaban J connectivity index is 2.08. The first kappa shape index (κ1) is 10.4. The highest BCUT2D eigenvalue weighted by Crippen LogP contribution is 2.21. The Morgan fingerprint density at radius 3 is 3.00 bits per heavy atom. The van der Waals surface area contributed by atoms with E-state index < -0.39 is 11.0 Å². The number of hydrogen-bond acceptors (Lipinski definition) is 5. The summed E-state index contributed by atoms with van der Waals surface area (Å²) < 4.78 is 4.99. The van der Waals surface area contributed by atoms with E-state index in [9.17, 15) is 10.1 Å². The average Bonchev–Trinajstić information content (AvgIpc) is 2.86. The Labute approximate surface area is 90.4 Å². The van der Waals surface area contributed by atoms with E-state index in [1.165, 1.54) is 12.1 Å². The van der Waals surface area contributed by atoms with Crippen molar-refractivity contribution in [1.82, 2.24) is 9.97 Å². The van der Waals surface area contributed by atoms with Crippen LogP contribution >= 0.6 is 0 Å². The van der Waals surface area contributed by atoms with E-state index in [0.29, 0.717) is 18.0 Å². The third-order valence-corrected chi connectivity index (χ3v) is 2.13. The van der Waals surface area contributed by atoms with Gasteiger partial charge in [-0.3, -0.25) is 10.1 Å². The molecule has 0 radical (unpaired) electrons. The molecule has 0 aromatic carbocycles. The van der Waals surface area contributed by atoms with Crippen molar-refractivity contribution in [2.24, 2.45) is 5.73 Å². The average molecular weight is 222 g/mol. The lowest BCUT2D eigenvalue weighted by molar-refractivity contribution is -0.402. The molecule has 0 saturated carbocycles. The number of hydrogen-bond donors (Lipinski definition) is 2. The van der Waals surface area contributed by atoms with Crippen LogP contribution in [-0.4, -0.2) is 14.9 Å². The number of aromatic nitrogens is 2. The monoisotopic (exact) mass is 222 g/mol. The zero-order chi connectivity index (χ0) is 11.5. The second-order valence-electron chi connectivity index (χ2n) is 3.28. The number of aromatic amines is 1. The fraction of sp³-hybridized carbons (Fsp3) is 0.222. The third kappa shape index (κ3) is 2.09. The summed E-state index contributed by atoms with van der Waals surface area (Å²) in [4.78, 5) is 16.7. The largest absolute Gasteiger partial charge is 0.433 e. The van der Waals surface area contributed by atoms with Crippen molar-refractivity contribution in [3.63, 3.8) is 0 Å². The standard InChI is InChI=1S/C9H10N4O3/c10-6(5-8-11-3-4-12-8)7-1-2-9(16-7)13(14)15/h1-4,6H,5,10H2,(H,11,12). The lowest BCUT2D eigenvalue weighted by Gasteiger charge is -2.05. The number of nitrogens with one attached hydrogen (secondary N) is 1. The van der Waals surface area contributed by atoms with Crippen LogP contribution in [0.15, 0.2) is 28.9 Å². The predicted octanol–water partition coefficient (Wildman–Crippen LogP) is 1.15. The quantitative estimate of drug-likeness (QED) is 0.595. The van der Waals surface area contributed by atoms with Gasteiger partial charge >= 0.3 is 5.88 Å². The fourth-order valence-corrected chi connectivity index (χ4v) is 1.36. The molecule has 2 heterocycles. The van der Waals surface area contributed by atoms with Gasteiger partial charge in [0.25, 0.3) is 0 Å². The molecule has 0 spiro atoms. The third-order valence-electron chi connectivity index (χ3n) is 2.13. The smallest absolute Gasteiger partial charge is 0.404 e. The van der Waals surface area contributed by atoms with Crippen LogP contribution in [0.1, 0.15) is 17.6 Å². The molecule has 2 aromatic heterocycles. The van der Waals surface area contributed by atoms with Gasteiger partial charge in [0.2, 0.25) is 0 Å². The number of nitro groups is 1. The maximum absolute atomic E-state index is 10.4. The fourth-order valence-electron chi connectivity index (χ4n) is 1.36. The summed E-state index contributed by atoms with van der Waals surface area (Å²) >= 11 is 0. The molecule has 16 heavy (non-hydrogen) atoms. The van der Waals surface area contributed by atoms with Gasteiger partial charge in [-0.25, -0.2) is 4.98 Å². The molecule has 1 unspecified atom stereocenters. The van der Waals surface area contributed by atoms with Crippen molar-refractivity contribution in [2.75, 3.05) is 0 Å². The number of H-pyrrole nitrogens is 1. The van der Waals surface area contributed by atoms with Crippen molar-refractivity contribution in [1.29, 1.82) is 0 Å². The van der Waals surface area contributed by atoms with Crippen molar-refractivity contribution in [3.05, 3.63) is 46.2 Å². The van der Waals surface area contributed by atoms with Crippen molar-refractivity contribution in [3.8, 4) is 0 Å². The topological polar surface area (TPSA) is 111 Å². The summed E-state index contributed by atoms with van der Waals surface area (Å²) in [5.41, 5.74) is 5.82. The van der Waals surface area contributed by atoms with E-state index in [0.717, 1.165) is 0 Å². The van der Waals surface area contributed by atoms with E-state index in [2.05, 4.69) is 9.97 Å². The van der Waals surface area contributed by atoms with Crippen LogP contribution in [0.25, 0.3) is 0 Å². The molecule has 3 N–H and O–H groups in total. The summed E-state index contributed by atoms with van der Waals surface area (Å²) in [6.07, 6.45) is 3.75. The molecule has 84 valence electrons. The molecule has 0 bridgehead atoms. The minimum atomic E-state index is -0.594. The Kier molecular flexibility index (Phi) is 2.69. The molecule has 0 aliphatic carbocycles. The van der Waals surface area contributed by atoms with Gasteiger partial charge in [-0.15, -0.1) is 0 Å². The Morgan fingerprint density at radius 1 is 1.62 bits per heavy atom. The molecular weight excluding hydrogens is 212 g/mol. The van der Waals surface area contributed by atoms with Gasteiger partial charge in [0.15, 0.2) is 0 Å². The highest BCUT2D eigenvalue weighted by molar-refractivity contribution is 5.20. The molecule has 0 saturated heterocycles. The van der Waals surface area contributed by atoms with Crippen LogP contribution in [0.4, 0.5) is 5.88 Å². The van der Waals surface area contributed by atoms with Crippen LogP contribution in [0.3, 0.4) is 0 Å². The van der Waals surface area contributed by atoms with Crippen molar-refractivity contribution in [2.45, 2.75) is 12.5 Å². The minimum absolute atomic E-state index is 0.301. The van der Waals surface area contributed by atoms with Crippen LogP contribution < -0.4 is 5.73 Å². The van der Waals surface area contributed by atoms with Crippen LogP contribution in [0, 0.1) is 10.1 Å². The summed E-state index contributed by atoms with van der Waals surface area (Å²) in [5.74, 6) is 0.791. The molecule has 0 amide bonds. The van der Waals surface area contributed by atoms with E-state index in [4.69, 9.17) is 10.2 Å². The molecule has 0 fully saturated rings. The molecule has 2 aromatic rings. The first-order valence-corrected chi connectivity index (χ1v) is 4.65. The lowest BCUT2D eigenvalue weighted by Crippen LogP contribution is -2.13. The van der Waals surface area contributed by atoms with Crippen LogP contribution in [0.2, 0.25) is 0 Å². The number of nitrogens with two attached hydrogens (primary N) is 1. The summed E-state index contributed by atoms with van der Waals surface area (Å²) in [6.45, 7) is 0. The highest BCUT2D eigenvalue weighted by Gasteiger charge is 2.17. The maximum Gasteiger partial charge on any atom is 0.433 e. The SMILES string of the molecule is NC(Cc1ncc[nH]1)c1ccc([N+](=O)[O-])o1. The molecule has 7 nitrogen and oxygen atoms in total. The second-order valence-corrected chi connectivity index (χ2v) is 3.28. The zero-order valence-electron chi connectivity index (χ0n) is 8.29. The highest BCUT2D eigenvalue weighted by atomic mass is 16.6. The van der Waals surface area contributed by atoms with Crippen LogP contribution in [-0.2, 0) is 6.42 Å². The summed E-state index contributed by atoms with van der Waals surface area (Å²) in [6, 6.07) is 2.35. The van der Waals surface area contributed by atoms with Gasteiger partial charge in [-0.1, -0.05) is 0 Å². The van der Waals surface area contributed by atoms with Crippen molar-refractivity contribution < 1.29 is 9.34 Å². The van der Waals surface area contributed by atoms with Gasteiger partial charge in [-0.05, 0) is 6.07 Å². The van der Waals surface area contributed by atoms with Gasteiger partial charge < -0.3 is 15.1 Å². The number of imidazole rings is 1. The first-order chi connectivity index (χ1) is 7.66. The zero-order valence-corrected chi connectivity index (χ0v) is 8.29. The number of furan rings is 1. The second kappa shape index (κ2) is 4.15. The van der Waals surface area contributed by atoms with E-state index in [-0.39, 0.29) is 5.88 Å². The molecular formula is C9H10N4O3. The summed E-state index contributed by atoms with van der Waals surface area (Å²) in [7, 11) is 0. The first-order valence-electron chi connectivity index (χ1n) is 4.65. The molecule has 0 aliphatic heterocycles. The van der Waals surface area contributed by atoms with Gasteiger partial charge in [0, 0.05) is 18.8 Å². The van der Waals surface area contributed by atoms with Gasteiger partial charge in [-0.2, -0.15) is 0 Å². The van der Waals surface area contributed by atoms with E-state index >= 15 is 0 Å². The Hall–Kier alpha value is -2.15. The van der Waals surface area contributed by atoms with E-state index in [1.807, 2.05) is 0 Å². The molecule has 7 heteroatoms. The van der Waals surface area contributed by atoms with Gasteiger partial charge in [0.1, 0.15) is 16.5 Å². The van der Waals surface area contributed by atoms with Crippen molar-refractivity contribution >= 4 is 5.88 Å². The lowest BCUT2D eigenvalue weighted by atomic mass is 10.1. The molecule has 1 atom stereocenters. The maximum atomic E-state index is 10.4. The molecule has 0 aliphatic rings. The number of nitrogens with zero attached hydrogens (tertiary/aromatic N) is 2. The Morgan fingerprint density at radius 2 is 2.44 bits per heavy atom. The normalized spacial score (nSPS) is 12.6. The summed E-state index contributed by atoms with van der Waals surface area (Å²) in [5, 5.41) is 10.4. The van der Waals surface area contributed by atoms with Gasteiger partial charge in [0.05, 0.1) is 12.1 Å². The number of rotatable bonds is 4. The molecule has 2 rings (SSSR count).